The predicted molar refractivity (Wildman–Crippen MR) is 102 cm³/mol. The van der Waals surface area contributed by atoms with E-state index in [0.29, 0.717) is 13.0 Å². The first kappa shape index (κ1) is 22.2. The first-order valence-electron chi connectivity index (χ1n) is 9.68. The van der Waals surface area contributed by atoms with Crippen molar-refractivity contribution in [2.24, 2.45) is 0 Å². The average molecular weight is 326 g/mol. The number of unbranched alkanes of at least 4 members (excludes halogenated alkanes) is 8. The molecule has 0 saturated heterocycles. The number of hydrogen-bond donors (Lipinski definition) is 1. The summed E-state index contributed by atoms with van der Waals surface area (Å²) in [7, 11) is 6.72. The predicted octanol–water partition coefficient (Wildman–Crippen LogP) is 4.68. The van der Waals surface area contributed by atoms with Gasteiger partial charge in [0.25, 0.3) is 0 Å². The van der Waals surface area contributed by atoms with Gasteiger partial charge in [0.05, 0.1) is 27.7 Å². The zero-order valence-electron chi connectivity index (χ0n) is 16.2. The van der Waals surface area contributed by atoms with Gasteiger partial charge in [-0.25, -0.2) is 0 Å². The number of carbonyl (C=O) groups is 1. The molecule has 0 aliphatic rings. The van der Waals surface area contributed by atoms with Gasteiger partial charge in [-0.3, -0.25) is 4.79 Å². The van der Waals surface area contributed by atoms with Crippen molar-refractivity contribution in [3.63, 3.8) is 0 Å². The van der Waals surface area contributed by atoms with Crippen molar-refractivity contribution in [1.29, 1.82) is 0 Å². The van der Waals surface area contributed by atoms with Crippen LogP contribution in [0.1, 0.15) is 77.6 Å². The maximum Gasteiger partial charge on any atom is 0.220 e. The van der Waals surface area contributed by atoms with Gasteiger partial charge in [-0.2, -0.15) is 0 Å². The molecule has 0 atom stereocenters. The highest BCUT2D eigenvalue weighted by Crippen LogP contribution is 2.07. The van der Waals surface area contributed by atoms with Crippen molar-refractivity contribution < 1.29 is 9.28 Å². The van der Waals surface area contributed by atoms with Crippen molar-refractivity contribution in [3.05, 3.63) is 12.2 Å². The van der Waals surface area contributed by atoms with Gasteiger partial charge >= 0.3 is 0 Å². The second-order valence-corrected chi connectivity index (χ2v) is 7.66. The molecule has 0 rings (SSSR count). The van der Waals surface area contributed by atoms with Crippen LogP contribution < -0.4 is 5.32 Å². The van der Waals surface area contributed by atoms with Crippen molar-refractivity contribution >= 4 is 5.91 Å². The maximum absolute atomic E-state index is 11.7. The molecule has 23 heavy (non-hydrogen) atoms. The highest BCUT2D eigenvalue weighted by Gasteiger charge is 2.05. The lowest BCUT2D eigenvalue weighted by Crippen LogP contribution is -2.35. The van der Waals surface area contributed by atoms with E-state index in [1.165, 1.54) is 57.9 Å². The number of carbonyl (C=O) groups excluding carboxylic acids is 1. The van der Waals surface area contributed by atoms with Crippen LogP contribution in [0.25, 0.3) is 0 Å². The molecule has 0 aromatic rings. The quantitative estimate of drug-likeness (QED) is 0.264. The Morgan fingerprint density at radius 2 is 1.52 bits per heavy atom. The summed E-state index contributed by atoms with van der Waals surface area (Å²) in [6, 6.07) is 0. The molecular formula is C20H41N2O+. The first-order chi connectivity index (χ1) is 11.0. The molecule has 0 aromatic heterocycles. The Morgan fingerprint density at radius 1 is 0.870 bits per heavy atom. The third-order valence-electron chi connectivity index (χ3n) is 4.04. The SMILES string of the molecule is CCCCCC/C=C\CNC(=O)CCCCCCC[N+](C)(C)C. The standard InChI is InChI=1S/C20H40N2O/c1-5-6-7-8-9-12-15-18-21-20(23)17-14-11-10-13-16-19-22(2,3)4/h12,15H,5-11,13-14,16-19H2,1-4H3/p+1/b15-12-. The van der Waals surface area contributed by atoms with Crippen molar-refractivity contribution in [1.82, 2.24) is 5.32 Å². The normalized spacial score (nSPS) is 12.0. The molecule has 0 fully saturated rings. The summed E-state index contributed by atoms with van der Waals surface area (Å²) in [5.41, 5.74) is 0. The minimum absolute atomic E-state index is 0.201. The van der Waals surface area contributed by atoms with Gasteiger partial charge in [0.2, 0.25) is 5.91 Å². The highest BCUT2D eigenvalue weighted by molar-refractivity contribution is 5.75. The van der Waals surface area contributed by atoms with Crippen molar-refractivity contribution in [2.75, 3.05) is 34.2 Å². The summed E-state index contributed by atoms with van der Waals surface area (Å²) in [6.45, 7) is 4.16. The molecular weight excluding hydrogens is 284 g/mol. The topological polar surface area (TPSA) is 29.1 Å². The van der Waals surface area contributed by atoms with Gasteiger partial charge < -0.3 is 9.80 Å². The maximum atomic E-state index is 11.7. The summed E-state index contributed by atoms with van der Waals surface area (Å²) in [4.78, 5) is 11.7. The van der Waals surface area contributed by atoms with E-state index in [0.717, 1.165) is 17.3 Å². The van der Waals surface area contributed by atoms with Crippen LogP contribution in [-0.4, -0.2) is 44.6 Å². The summed E-state index contributed by atoms with van der Waals surface area (Å²) in [5, 5.41) is 2.98. The van der Waals surface area contributed by atoms with E-state index in [1.54, 1.807) is 0 Å². The van der Waals surface area contributed by atoms with E-state index in [1.807, 2.05) is 0 Å². The summed E-state index contributed by atoms with van der Waals surface area (Å²) >= 11 is 0. The Hall–Kier alpha value is -0.830. The molecule has 3 heteroatoms. The van der Waals surface area contributed by atoms with Crippen LogP contribution in [0.2, 0.25) is 0 Å². The van der Waals surface area contributed by atoms with E-state index in [-0.39, 0.29) is 5.91 Å². The smallest absolute Gasteiger partial charge is 0.220 e. The van der Waals surface area contributed by atoms with Crippen LogP contribution in [0.5, 0.6) is 0 Å². The molecule has 0 unspecified atom stereocenters. The Balaban J connectivity index is 3.32. The molecule has 3 nitrogen and oxygen atoms in total. The first-order valence-corrected chi connectivity index (χ1v) is 9.68. The van der Waals surface area contributed by atoms with Crippen LogP contribution in [0.3, 0.4) is 0 Å². The molecule has 136 valence electrons. The number of nitrogens with one attached hydrogen (secondary N) is 1. The average Bonchev–Trinajstić information content (AvgIpc) is 2.48. The second-order valence-electron chi connectivity index (χ2n) is 7.66. The number of hydrogen-bond acceptors (Lipinski definition) is 1. The van der Waals surface area contributed by atoms with Crippen molar-refractivity contribution in [2.45, 2.75) is 77.6 Å². The van der Waals surface area contributed by atoms with Crippen LogP contribution in [0, 0.1) is 0 Å². The summed E-state index contributed by atoms with van der Waals surface area (Å²) in [6.07, 6.45) is 17.4. The second kappa shape index (κ2) is 14.7. The number of rotatable bonds is 15. The van der Waals surface area contributed by atoms with Crippen molar-refractivity contribution in [3.8, 4) is 0 Å². The van der Waals surface area contributed by atoms with Gasteiger partial charge in [-0.15, -0.1) is 0 Å². The lowest BCUT2D eigenvalue weighted by atomic mass is 10.1. The lowest BCUT2D eigenvalue weighted by Gasteiger charge is -2.23. The lowest BCUT2D eigenvalue weighted by molar-refractivity contribution is -0.870. The van der Waals surface area contributed by atoms with E-state index < -0.39 is 0 Å². The molecule has 0 aliphatic carbocycles. The fraction of sp³-hybridized carbons (Fsp3) is 0.850. The minimum Gasteiger partial charge on any atom is -0.353 e. The summed E-state index contributed by atoms with van der Waals surface area (Å²) in [5.74, 6) is 0.201. The highest BCUT2D eigenvalue weighted by atomic mass is 16.1. The van der Waals surface area contributed by atoms with Crippen LogP contribution >= 0.6 is 0 Å². The molecule has 0 saturated carbocycles. The monoisotopic (exact) mass is 325 g/mol. The zero-order valence-corrected chi connectivity index (χ0v) is 16.2. The molecule has 0 bridgehead atoms. The minimum atomic E-state index is 0.201. The van der Waals surface area contributed by atoms with Gasteiger partial charge in [0.1, 0.15) is 0 Å². The Kier molecular flexibility index (Phi) is 14.2. The Morgan fingerprint density at radius 3 is 2.22 bits per heavy atom. The van der Waals surface area contributed by atoms with E-state index >= 15 is 0 Å². The van der Waals surface area contributed by atoms with Gasteiger partial charge in [-0.05, 0) is 32.1 Å². The Labute approximate surface area is 145 Å². The molecule has 0 aromatic carbocycles. The van der Waals surface area contributed by atoms with Crippen LogP contribution in [-0.2, 0) is 4.79 Å². The molecule has 0 heterocycles. The molecule has 1 amide bonds. The van der Waals surface area contributed by atoms with Gasteiger partial charge in [-0.1, -0.05) is 51.2 Å². The number of allylic oxidation sites excluding steroid dienone is 1. The molecule has 0 radical (unpaired) electrons. The van der Waals surface area contributed by atoms with E-state index in [4.69, 9.17) is 0 Å². The van der Waals surface area contributed by atoms with Crippen LogP contribution in [0.15, 0.2) is 12.2 Å². The van der Waals surface area contributed by atoms with E-state index in [2.05, 4.69) is 45.5 Å². The zero-order chi connectivity index (χ0) is 17.4. The summed E-state index contributed by atoms with van der Waals surface area (Å²) < 4.78 is 1.05. The number of amides is 1. The largest absolute Gasteiger partial charge is 0.353 e. The van der Waals surface area contributed by atoms with E-state index in [9.17, 15) is 4.79 Å². The molecule has 0 spiro atoms. The van der Waals surface area contributed by atoms with Crippen LogP contribution in [0.4, 0.5) is 0 Å². The molecule has 0 aliphatic heterocycles. The third kappa shape index (κ3) is 19.1. The number of quaternary nitrogens is 1. The third-order valence-corrected chi connectivity index (χ3v) is 4.04. The molecule has 1 N–H and O–H groups in total. The number of nitrogens with zero attached hydrogens (tertiary/aromatic N) is 1. The van der Waals surface area contributed by atoms with Gasteiger partial charge in [0, 0.05) is 13.0 Å². The van der Waals surface area contributed by atoms with Gasteiger partial charge in [0.15, 0.2) is 0 Å². The fourth-order valence-corrected chi connectivity index (χ4v) is 2.55. The Bertz CT molecular complexity index is 305. The fourth-order valence-electron chi connectivity index (χ4n) is 2.55.